The van der Waals surface area contributed by atoms with Gasteiger partial charge in [-0.25, -0.2) is 4.79 Å². The zero-order chi connectivity index (χ0) is 11.9. The third-order valence-electron chi connectivity index (χ3n) is 2.22. The first-order valence-corrected chi connectivity index (χ1v) is 4.54. The Bertz CT molecular complexity index is 552. The van der Waals surface area contributed by atoms with E-state index in [1.165, 1.54) is 18.2 Å². The molecule has 2 rings (SSSR count). The standard InChI is InChI=1S/C11H8F2O3/c1-11(12,13)9-5-7-6(10(14)15)3-2-4-8(7)16-9/h2-5H,1H3,(H,14,15). The van der Waals surface area contributed by atoms with Gasteiger partial charge in [-0.3, -0.25) is 0 Å². The van der Waals surface area contributed by atoms with E-state index in [4.69, 9.17) is 9.52 Å². The van der Waals surface area contributed by atoms with Crippen LogP contribution in [0, 0.1) is 0 Å². The van der Waals surface area contributed by atoms with E-state index in [9.17, 15) is 13.6 Å². The van der Waals surface area contributed by atoms with E-state index in [0.717, 1.165) is 6.07 Å². The Morgan fingerprint density at radius 2 is 2.12 bits per heavy atom. The molecule has 84 valence electrons. The third-order valence-corrected chi connectivity index (χ3v) is 2.22. The van der Waals surface area contributed by atoms with Crippen molar-refractivity contribution in [3.8, 4) is 0 Å². The van der Waals surface area contributed by atoms with Gasteiger partial charge in [-0.05, 0) is 18.2 Å². The fourth-order valence-electron chi connectivity index (χ4n) is 1.46. The highest BCUT2D eigenvalue weighted by atomic mass is 19.3. The van der Waals surface area contributed by atoms with Gasteiger partial charge >= 0.3 is 11.9 Å². The Kier molecular flexibility index (Phi) is 2.18. The van der Waals surface area contributed by atoms with Crippen molar-refractivity contribution in [1.29, 1.82) is 0 Å². The number of alkyl halides is 2. The lowest BCUT2D eigenvalue weighted by Gasteiger charge is -2.03. The van der Waals surface area contributed by atoms with Crippen molar-refractivity contribution < 1.29 is 23.1 Å². The van der Waals surface area contributed by atoms with Gasteiger partial charge < -0.3 is 9.52 Å². The van der Waals surface area contributed by atoms with Gasteiger partial charge in [0.2, 0.25) is 0 Å². The number of rotatable bonds is 2. The quantitative estimate of drug-likeness (QED) is 0.855. The molecule has 1 heterocycles. The van der Waals surface area contributed by atoms with E-state index in [-0.39, 0.29) is 16.5 Å². The van der Waals surface area contributed by atoms with Crippen LogP contribution in [0.4, 0.5) is 8.78 Å². The average Bonchev–Trinajstić information content (AvgIpc) is 2.59. The molecule has 0 aliphatic heterocycles. The van der Waals surface area contributed by atoms with Crippen LogP contribution in [0.2, 0.25) is 0 Å². The van der Waals surface area contributed by atoms with Crippen molar-refractivity contribution >= 4 is 16.9 Å². The summed E-state index contributed by atoms with van der Waals surface area (Å²) in [6.45, 7) is 0.700. The van der Waals surface area contributed by atoms with Crippen LogP contribution in [0.1, 0.15) is 23.0 Å². The van der Waals surface area contributed by atoms with Gasteiger partial charge in [-0.1, -0.05) is 6.07 Å². The lowest BCUT2D eigenvalue weighted by atomic mass is 10.1. The zero-order valence-corrected chi connectivity index (χ0v) is 8.33. The fraction of sp³-hybridized carbons (Fsp3) is 0.182. The van der Waals surface area contributed by atoms with E-state index in [1.807, 2.05) is 0 Å². The molecule has 3 nitrogen and oxygen atoms in total. The summed E-state index contributed by atoms with van der Waals surface area (Å²) in [5, 5.41) is 9.05. The monoisotopic (exact) mass is 226 g/mol. The first-order chi connectivity index (χ1) is 7.39. The van der Waals surface area contributed by atoms with E-state index in [1.54, 1.807) is 0 Å². The number of carboxylic acid groups (broad SMARTS) is 1. The van der Waals surface area contributed by atoms with Crippen LogP contribution in [0.5, 0.6) is 0 Å². The second-order valence-corrected chi connectivity index (χ2v) is 3.52. The highest BCUT2D eigenvalue weighted by Gasteiger charge is 2.29. The summed E-state index contributed by atoms with van der Waals surface area (Å²) in [6.07, 6.45) is 0. The SMILES string of the molecule is CC(F)(F)c1cc2c(C(=O)O)cccc2o1. The normalized spacial score (nSPS) is 11.9. The van der Waals surface area contributed by atoms with Crippen LogP contribution >= 0.6 is 0 Å². The van der Waals surface area contributed by atoms with Crippen molar-refractivity contribution in [2.24, 2.45) is 0 Å². The maximum atomic E-state index is 13.0. The number of carbonyl (C=O) groups is 1. The number of halogens is 2. The lowest BCUT2D eigenvalue weighted by molar-refractivity contribution is -0.00383. The number of carboxylic acids is 1. The summed E-state index contributed by atoms with van der Waals surface area (Å²) < 4.78 is 30.9. The maximum Gasteiger partial charge on any atom is 0.336 e. The summed E-state index contributed by atoms with van der Waals surface area (Å²) in [5.41, 5.74) is 0.105. The lowest BCUT2D eigenvalue weighted by Crippen LogP contribution is -2.04. The molecule has 0 fully saturated rings. The number of fused-ring (bicyclic) bond motifs is 1. The smallest absolute Gasteiger partial charge is 0.336 e. The number of aromatic carboxylic acids is 1. The van der Waals surface area contributed by atoms with E-state index in [0.29, 0.717) is 6.92 Å². The molecule has 2 aromatic rings. The van der Waals surface area contributed by atoms with Gasteiger partial charge in [-0.2, -0.15) is 8.78 Å². The third kappa shape index (κ3) is 1.64. The Morgan fingerprint density at radius 1 is 1.44 bits per heavy atom. The molecule has 0 aliphatic rings. The van der Waals surface area contributed by atoms with E-state index >= 15 is 0 Å². The Labute approximate surface area is 89.3 Å². The van der Waals surface area contributed by atoms with Gasteiger partial charge in [0.05, 0.1) is 5.56 Å². The molecule has 0 unspecified atom stereocenters. The molecular formula is C11H8F2O3. The van der Waals surface area contributed by atoms with Crippen molar-refractivity contribution in [2.75, 3.05) is 0 Å². The number of hydrogen-bond acceptors (Lipinski definition) is 2. The molecule has 1 aromatic heterocycles. The molecular weight excluding hydrogens is 218 g/mol. The van der Waals surface area contributed by atoms with Gasteiger partial charge in [0.25, 0.3) is 0 Å². The van der Waals surface area contributed by atoms with E-state index in [2.05, 4.69) is 0 Å². The predicted molar refractivity (Wildman–Crippen MR) is 52.7 cm³/mol. The van der Waals surface area contributed by atoms with Crippen LogP contribution in [0.25, 0.3) is 11.0 Å². The minimum absolute atomic E-state index is 0.0447. The maximum absolute atomic E-state index is 13.0. The molecule has 1 aromatic carbocycles. The average molecular weight is 226 g/mol. The second kappa shape index (κ2) is 3.30. The molecule has 0 spiro atoms. The molecule has 0 bridgehead atoms. The Morgan fingerprint density at radius 3 is 2.69 bits per heavy atom. The van der Waals surface area contributed by atoms with Gasteiger partial charge in [0.15, 0.2) is 5.76 Å². The van der Waals surface area contributed by atoms with Crippen molar-refractivity contribution in [1.82, 2.24) is 0 Å². The number of furan rings is 1. The molecule has 0 atom stereocenters. The van der Waals surface area contributed by atoms with Crippen LogP contribution < -0.4 is 0 Å². The van der Waals surface area contributed by atoms with Crippen LogP contribution in [0.15, 0.2) is 28.7 Å². The first kappa shape index (κ1) is 10.6. The summed E-state index contributed by atoms with van der Waals surface area (Å²) in [5.74, 6) is -4.82. The van der Waals surface area contributed by atoms with E-state index < -0.39 is 17.7 Å². The number of benzene rings is 1. The van der Waals surface area contributed by atoms with Gasteiger partial charge in [0, 0.05) is 12.3 Å². The first-order valence-electron chi connectivity index (χ1n) is 4.54. The predicted octanol–water partition coefficient (Wildman–Crippen LogP) is 3.24. The van der Waals surface area contributed by atoms with Crippen molar-refractivity contribution in [3.05, 3.63) is 35.6 Å². The van der Waals surface area contributed by atoms with Crippen molar-refractivity contribution in [2.45, 2.75) is 12.8 Å². The summed E-state index contributed by atoms with van der Waals surface area (Å²) in [6, 6.07) is 5.32. The Balaban J connectivity index is 2.71. The molecule has 0 saturated heterocycles. The molecule has 0 radical (unpaired) electrons. The molecule has 5 heteroatoms. The summed E-state index contributed by atoms with van der Waals surface area (Å²) in [7, 11) is 0. The minimum atomic E-state index is -3.12. The second-order valence-electron chi connectivity index (χ2n) is 3.52. The van der Waals surface area contributed by atoms with Crippen LogP contribution in [-0.4, -0.2) is 11.1 Å². The summed E-state index contributed by atoms with van der Waals surface area (Å²) >= 11 is 0. The van der Waals surface area contributed by atoms with Crippen LogP contribution in [0.3, 0.4) is 0 Å². The number of hydrogen-bond donors (Lipinski definition) is 1. The van der Waals surface area contributed by atoms with Gasteiger partial charge in [-0.15, -0.1) is 0 Å². The topological polar surface area (TPSA) is 50.4 Å². The van der Waals surface area contributed by atoms with Gasteiger partial charge in [0.1, 0.15) is 5.58 Å². The Hall–Kier alpha value is -1.91. The zero-order valence-electron chi connectivity index (χ0n) is 8.33. The molecule has 0 amide bonds. The largest absolute Gasteiger partial charge is 0.478 e. The molecule has 1 N–H and O–H groups in total. The molecule has 0 saturated carbocycles. The van der Waals surface area contributed by atoms with Crippen molar-refractivity contribution in [3.63, 3.8) is 0 Å². The highest BCUT2D eigenvalue weighted by Crippen LogP contribution is 2.33. The van der Waals surface area contributed by atoms with Crippen LogP contribution in [-0.2, 0) is 5.92 Å². The highest BCUT2D eigenvalue weighted by molar-refractivity contribution is 6.02. The minimum Gasteiger partial charge on any atom is -0.478 e. The fourth-order valence-corrected chi connectivity index (χ4v) is 1.46. The molecule has 0 aliphatic carbocycles. The molecule has 16 heavy (non-hydrogen) atoms. The summed E-state index contributed by atoms with van der Waals surface area (Å²) in [4.78, 5) is 10.8.